The lowest BCUT2D eigenvalue weighted by Crippen LogP contribution is -2.46. The topological polar surface area (TPSA) is 110 Å². The first kappa shape index (κ1) is 25.7. The summed E-state index contributed by atoms with van der Waals surface area (Å²) in [6.07, 6.45) is 5.04. The second-order valence-corrected chi connectivity index (χ2v) is 9.02. The molecule has 0 spiro atoms. The third-order valence-corrected chi connectivity index (χ3v) is 6.46. The van der Waals surface area contributed by atoms with Crippen molar-refractivity contribution in [3.63, 3.8) is 0 Å². The van der Waals surface area contributed by atoms with Crippen LogP contribution in [0.1, 0.15) is 23.2 Å². The summed E-state index contributed by atoms with van der Waals surface area (Å²) >= 11 is 0. The number of ether oxygens (including phenoxy) is 4. The molecule has 1 N–H and O–H groups in total. The standard InChI is InChI=1S/C26H27F2N5O5/c1-35-21-10-16(11-22(38-26(27)28)24(21)25(34)31-17-2-3-17)20-14-30-23-12-19(4-5-33(20)23)37-9-7-32-6-8-36-15-18(32)13-29/h4-5,10-12,14,17-18,26H,2-3,6-9,15H2,1H3,(H,31,34). The van der Waals surface area contributed by atoms with Gasteiger partial charge in [0, 0.05) is 37.0 Å². The largest absolute Gasteiger partial charge is 0.496 e. The average Bonchev–Trinajstić information content (AvgIpc) is 3.63. The minimum Gasteiger partial charge on any atom is -0.496 e. The molecular weight excluding hydrogens is 500 g/mol. The lowest BCUT2D eigenvalue weighted by atomic mass is 10.1. The van der Waals surface area contributed by atoms with E-state index in [4.69, 9.17) is 18.9 Å². The molecule has 2 fully saturated rings. The van der Waals surface area contributed by atoms with Gasteiger partial charge in [-0.05, 0) is 31.0 Å². The van der Waals surface area contributed by atoms with Crippen molar-refractivity contribution in [2.24, 2.45) is 0 Å². The summed E-state index contributed by atoms with van der Waals surface area (Å²) in [7, 11) is 1.37. The highest BCUT2D eigenvalue weighted by Crippen LogP contribution is 2.37. The normalized spacial score (nSPS) is 17.8. The van der Waals surface area contributed by atoms with E-state index in [0.29, 0.717) is 55.6 Å². The molecule has 5 rings (SSSR count). The first-order valence-corrected chi connectivity index (χ1v) is 12.3. The molecule has 2 aromatic heterocycles. The maximum atomic E-state index is 13.3. The number of methoxy groups -OCH3 is 1. The van der Waals surface area contributed by atoms with Gasteiger partial charge in [0.05, 0.1) is 38.3 Å². The summed E-state index contributed by atoms with van der Waals surface area (Å²) in [4.78, 5) is 19.2. The van der Waals surface area contributed by atoms with Gasteiger partial charge in [0.2, 0.25) is 0 Å². The van der Waals surface area contributed by atoms with Crippen molar-refractivity contribution in [3.8, 4) is 34.6 Å². The molecule has 200 valence electrons. The number of imidazole rings is 1. The summed E-state index contributed by atoms with van der Waals surface area (Å²) in [6.45, 7) is -0.503. The number of morpholine rings is 1. The number of hydrogen-bond donors (Lipinski definition) is 1. The zero-order valence-corrected chi connectivity index (χ0v) is 20.7. The van der Waals surface area contributed by atoms with Crippen molar-refractivity contribution < 1.29 is 32.5 Å². The highest BCUT2D eigenvalue weighted by molar-refractivity contribution is 6.01. The molecule has 1 aliphatic heterocycles. The van der Waals surface area contributed by atoms with Gasteiger partial charge in [0.1, 0.15) is 41.1 Å². The first-order valence-electron chi connectivity index (χ1n) is 12.3. The minimum atomic E-state index is -3.12. The van der Waals surface area contributed by atoms with E-state index in [1.54, 1.807) is 35.0 Å². The molecule has 1 aromatic carbocycles. The number of aromatic nitrogens is 2. The van der Waals surface area contributed by atoms with Crippen molar-refractivity contribution in [1.29, 1.82) is 5.26 Å². The second kappa shape index (κ2) is 11.2. The van der Waals surface area contributed by atoms with Crippen LogP contribution in [0.2, 0.25) is 0 Å². The van der Waals surface area contributed by atoms with E-state index >= 15 is 0 Å². The van der Waals surface area contributed by atoms with E-state index in [1.165, 1.54) is 13.2 Å². The number of pyridine rings is 1. The molecule has 2 aliphatic rings. The van der Waals surface area contributed by atoms with E-state index in [0.717, 1.165) is 12.8 Å². The zero-order chi connectivity index (χ0) is 26.6. The molecule has 10 nitrogen and oxygen atoms in total. The predicted molar refractivity (Wildman–Crippen MR) is 132 cm³/mol. The van der Waals surface area contributed by atoms with Crippen molar-refractivity contribution in [2.45, 2.75) is 31.5 Å². The Hall–Kier alpha value is -3.95. The van der Waals surface area contributed by atoms with Gasteiger partial charge in [-0.25, -0.2) is 4.98 Å². The molecule has 1 saturated carbocycles. The summed E-state index contributed by atoms with van der Waals surface area (Å²) in [5.41, 5.74) is 1.57. The maximum absolute atomic E-state index is 13.3. The number of nitrogens with zero attached hydrogens (tertiary/aromatic N) is 4. The Bertz CT molecular complexity index is 1350. The first-order chi connectivity index (χ1) is 18.5. The molecule has 38 heavy (non-hydrogen) atoms. The number of benzene rings is 1. The van der Waals surface area contributed by atoms with Gasteiger partial charge >= 0.3 is 6.61 Å². The Balaban J connectivity index is 1.37. The van der Waals surface area contributed by atoms with E-state index in [2.05, 4.69) is 16.4 Å². The lowest BCUT2D eigenvalue weighted by molar-refractivity contribution is -0.0502. The van der Waals surface area contributed by atoms with Crippen LogP contribution in [-0.4, -0.2) is 78.9 Å². The monoisotopic (exact) mass is 527 g/mol. The number of amides is 1. The van der Waals surface area contributed by atoms with Gasteiger partial charge < -0.3 is 24.3 Å². The van der Waals surface area contributed by atoms with Crippen LogP contribution < -0.4 is 19.5 Å². The zero-order valence-electron chi connectivity index (χ0n) is 20.7. The number of carbonyl (C=O) groups excluding carboxylic acids is 1. The molecule has 0 bridgehead atoms. The molecule has 12 heteroatoms. The third-order valence-electron chi connectivity index (χ3n) is 6.46. The number of alkyl halides is 2. The van der Waals surface area contributed by atoms with Crippen LogP contribution in [0.5, 0.6) is 17.2 Å². The van der Waals surface area contributed by atoms with E-state index in [-0.39, 0.29) is 29.1 Å². The highest BCUT2D eigenvalue weighted by atomic mass is 19.3. The third kappa shape index (κ3) is 5.64. The highest BCUT2D eigenvalue weighted by Gasteiger charge is 2.29. The van der Waals surface area contributed by atoms with Gasteiger partial charge in [-0.1, -0.05) is 0 Å². The number of nitriles is 1. The summed E-state index contributed by atoms with van der Waals surface area (Å²) in [5.74, 6) is -0.0846. The fourth-order valence-electron chi connectivity index (χ4n) is 4.37. The molecule has 3 heterocycles. The Morgan fingerprint density at radius 3 is 2.87 bits per heavy atom. The van der Waals surface area contributed by atoms with Gasteiger partial charge in [-0.3, -0.25) is 14.1 Å². The molecule has 1 aliphatic carbocycles. The van der Waals surface area contributed by atoms with Gasteiger partial charge in [-0.15, -0.1) is 0 Å². The number of nitrogens with one attached hydrogen (secondary N) is 1. The van der Waals surface area contributed by atoms with Crippen molar-refractivity contribution in [3.05, 3.63) is 42.2 Å². The van der Waals surface area contributed by atoms with Gasteiger partial charge in [0.25, 0.3) is 5.91 Å². The van der Waals surface area contributed by atoms with Gasteiger partial charge in [-0.2, -0.15) is 14.0 Å². The number of carbonyl (C=O) groups is 1. The fraction of sp³-hybridized carbons (Fsp3) is 0.423. The second-order valence-electron chi connectivity index (χ2n) is 9.02. The number of halogens is 2. The van der Waals surface area contributed by atoms with Crippen molar-refractivity contribution in [1.82, 2.24) is 19.6 Å². The number of fused-ring (bicyclic) bond motifs is 1. The SMILES string of the molecule is COc1cc(-c2cnc3cc(OCCN4CCOCC4C#N)ccn23)cc(OC(F)F)c1C(=O)NC1CC1. The molecule has 1 unspecified atom stereocenters. The van der Waals surface area contributed by atoms with Crippen LogP contribution in [0, 0.1) is 11.3 Å². The summed E-state index contributed by atoms with van der Waals surface area (Å²) in [5, 5.41) is 12.1. The van der Waals surface area contributed by atoms with Crippen LogP contribution >= 0.6 is 0 Å². The molecule has 1 saturated heterocycles. The molecule has 3 aromatic rings. The smallest absolute Gasteiger partial charge is 0.387 e. The minimum absolute atomic E-state index is 0.0307. The molecule has 1 atom stereocenters. The average molecular weight is 528 g/mol. The van der Waals surface area contributed by atoms with E-state index in [1.807, 2.05) is 4.90 Å². The lowest BCUT2D eigenvalue weighted by Gasteiger charge is -2.30. The summed E-state index contributed by atoms with van der Waals surface area (Å²) in [6, 6.07) is 8.50. The summed E-state index contributed by atoms with van der Waals surface area (Å²) < 4.78 is 49.7. The van der Waals surface area contributed by atoms with Crippen molar-refractivity contribution >= 4 is 11.6 Å². The molecular formula is C26H27F2N5O5. The van der Waals surface area contributed by atoms with Crippen LogP contribution in [0.3, 0.4) is 0 Å². The quantitative estimate of drug-likeness (QED) is 0.428. The fourth-order valence-corrected chi connectivity index (χ4v) is 4.37. The van der Waals surface area contributed by atoms with Crippen LogP contribution in [0.4, 0.5) is 8.78 Å². The van der Waals surface area contributed by atoms with Crippen LogP contribution in [-0.2, 0) is 4.74 Å². The predicted octanol–water partition coefficient (Wildman–Crippen LogP) is 3.11. The van der Waals surface area contributed by atoms with E-state index in [9.17, 15) is 18.8 Å². The van der Waals surface area contributed by atoms with Crippen LogP contribution in [0.15, 0.2) is 36.7 Å². The Morgan fingerprint density at radius 1 is 1.32 bits per heavy atom. The molecule has 1 amide bonds. The van der Waals surface area contributed by atoms with E-state index < -0.39 is 12.5 Å². The van der Waals surface area contributed by atoms with Gasteiger partial charge in [0.15, 0.2) is 0 Å². The number of hydrogen-bond acceptors (Lipinski definition) is 8. The maximum Gasteiger partial charge on any atom is 0.387 e. The molecule has 0 radical (unpaired) electrons. The Morgan fingerprint density at radius 2 is 2.13 bits per heavy atom. The van der Waals surface area contributed by atoms with Crippen molar-refractivity contribution in [2.75, 3.05) is 40.0 Å². The van der Waals surface area contributed by atoms with Crippen LogP contribution in [0.25, 0.3) is 16.9 Å². The number of rotatable bonds is 10. The Labute approximate surface area is 217 Å². The Kier molecular flexibility index (Phi) is 7.57.